The molecule has 1 heterocycles. The van der Waals surface area contributed by atoms with Gasteiger partial charge in [0.2, 0.25) is 0 Å². The molecule has 3 aromatic rings. The molecule has 42 heavy (non-hydrogen) atoms. The molecule has 0 saturated heterocycles. The summed E-state index contributed by atoms with van der Waals surface area (Å²) in [5.74, 6) is -7.75. The molecule has 2 N–H and O–H groups in total. The predicted octanol–water partition coefficient (Wildman–Crippen LogP) is 4.60. The molecule has 0 unspecified atom stereocenters. The summed E-state index contributed by atoms with van der Waals surface area (Å²) in [5.41, 5.74) is -6.33. The van der Waals surface area contributed by atoms with Gasteiger partial charge in [-0.15, -0.1) is 13.2 Å². The Kier molecular flexibility index (Phi) is 9.00. The van der Waals surface area contributed by atoms with E-state index in [2.05, 4.69) is 19.8 Å². The van der Waals surface area contributed by atoms with Gasteiger partial charge in [0.25, 0.3) is 5.91 Å². The quantitative estimate of drug-likeness (QED) is 0.168. The van der Waals surface area contributed by atoms with Crippen LogP contribution >= 0.6 is 0 Å². The Bertz CT molecular complexity index is 1510. The number of nitrogens with one attached hydrogen (secondary N) is 1. The van der Waals surface area contributed by atoms with E-state index in [-0.39, 0.29) is 23.0 Å². The van der Waals surface area contributed by atoms with Crippen LogP contribution < -0.4 is 19.5 Å². The number of carbonyl (C=O) groups excluding carboxylic acids is 2. The van der Waals surface area contributed by atoms with Gasteiger partial charge in [-0.3, -0.25) is 4.79 Å². The second-order valence-corrected chi connectivity index (χ2v) is 8.24. The number of amides is 1. The molecule has 1 amide bonds. The van der Waals surface area contributed by atoms with Crippen molar-refractivity contribution in [1.29, 1.82) is 0 Å². The first kappa shape index (κ1) is 32.0. The van der Waals surface area contributed by atoms with Crippen LogP contribution in [0.5, 0.6) is 23.0 Å². The van der Waals surface area contributed by atoms with E-state index in [1.165, 1.54) is 13.0 Å². The second-order valence-electron chi connectivity index (χ2n) is 8.24. The van der Waals surface area contributed by atoms with Gasteiger partial charge in [-0.1, -0.05) is 0 Å². The predicted molar refractivity (Wildman–Crippen MR) is 130 cm³/mol. The van der Waals surface area contributed by atoms with Crippen molar-refractivity contribution < 1.29 is 64.4 Å². The number of aromatic nitrogens is 1. The second kappa shape index (κ2) is 11.8. The lowest BCUT2D eigenvalue weighted by molar-refractivity contribution is -0.274. The third kappa shape index (κ3) is 8.05. The number of methoxy groups -OCH3 is 1. The Hall–Kier alpha value is -4.47. The number of carbonyl (C=O) groups is 2. The Labute approximate surface area is 234 Å². The van der Waals surface area contributed by atoms with Crippen molar-refractivity contribution in [3.05, 3.63) is 70.8 Å². The maximum Gasteiger partial charge on any atom is 0.573 e. The van der Waals surface area contributed by atoms with Gasteiger partial charge in [0.05, 0.1) is 24.6 Å². The van der Waals surface area contributed by atoms with Crippen molar-refractivity contribution in [3.63, 3.8) is 0 Å². The first-order valence-electron chi connectivity index (χ1n) is 11.1. The Morgan fingerprint density at radius 1 is 0.952 bits per heavy atom. The summed E-state index contributed by atoms with van der Waals surface area (Å²) in [6.45, 7) is 1.39. The fourth-order valence-electron chi connectivity index (χ4n) is 3.31. The molecule has 0 aliphatic carbocycles. The first-order valence-corrected chi connectivity index (χ1v) is 11.1. The molecule has 1 aromatic heterocycles. The Morgan fingerprint density at radius 2 is 1.60 bits per heavy atom. The number of aliphatic hydroxyl groups is 1. The van der Waals surface area contributed by atoms with Crippen LogP contribution in [-0.2, 0) is 10.9 Å². The molecule has 0 atom stereocenters. The highest BCUT2D eigenvalue weighted by Crippen LogP contribution is 2.41. The average molecular weight is 598 g/mol. The molecule has 2 aromatic carbocycles. The van der Waals surface area contributed by atoms with Crippen LogP contribution in [0.1, 0.15) is 32.0 Å². The van der Waals surface area contributed by atoms with Crippen molar-refractivity contribution in [3.8, 4) is 23.0 Å². The Balaban J connectivity index is 2.10. The summed E-state index contributed by atoms with van der Waals surface area (Å²) in [7, 11) is 11.3. The number of benzene rings is 2. The van der Waals surface area contributed by atoms with Gasteiger partial charge in [0.15, 0.2) is 33.0 Å². The van der Waals surface area contributed by atoms with Crippen molar-refractivity contribution in [1.82, 2.24) is 4.98 Å². The van der Waals surface area contributed by atoms with E-state index in [0.29, 0.717) is 18.2 Å². The highest BCUT2D eigenvalue weighted by molar-refractivity contribution is 6.37. The minimum Gasteiger partial charge on any atom is -0.478 e. The smallest absolute Gasteiger partial charge is 0.478 e. The van der Waals surface area contributed by atoms with Gasteiger partial charge < -0.3 is 29.4 Å². The summed E-state index contributed by atoms with van der Waals surface area (Å²) >= 11 is 0. The largest absolute Gasteiger partial charge is 0.573 e. The maximum absolute atomic E-state index is 15.2. The van der Waals surface area contributed by atoms with Gasteiger partial charge in [0.1, 0.15) is 28.3 Å². The number of alkyl halides is 6. The van der Waals surface area contributed by atoms with Crippen molar-refractivity contribution in [2.75, 3.05) is 12.4 Å². The summed E-state index contributed by atoms with van der Waals surface area (Å²) in [5, 5.41) is 11.7. The topological polar surface area (TPSA) is 116 Å². The zero-order valence-electron chi connectivity index (χ0n) is 21.2. The zero-order valence-corrected chi connectivity index (χ0v) is 21.2. The van der Waals surface area contributed by atoms with E-state index in [0.717, 1.165) is 19.4 Å². The third-order valence-corrected chi connectivity index (χ3v) is 5.03. The van der Waals surface area contributed by atoms with Crippen molar-refractivity contribution >= 4 is 33.3 Å². The van der Waals surface area contributed by atoms with E-state index < -0.39 is 69.9 Å². The molecule has 9 nitrogen and oxygen atoms in total. The summed E-state index contributed by atoms with van der Waals surface area (Å²) in [4.78, 5) is 28.5. The highest BCUT2D eigenvalue weighted by Gasteiger charge is 2.38. The number of aryl methyl sites for hydroxylation is 1. The number of nitrogens with zero attached hydrogens (tertiary/aromatic N) is 1. The number of halogens is 7. The average Bonchev–Trinajstić information content (AvgIpc) is 2.83. The molecule has 3 rings (SSSR count). The number of hydrogen-bond donors (Lipinski definition) is 2. The van der Waals surface area contributed by atoms with Crippen LogP contribution in [0, 0.1) is 12.7 Å². The van der Waals surface area contributed by atoms with E-state index in [9.17, 15) is 41.0 Å². The minimum absolute atomic E-state index is 0.149. The van der Waals surface area contributed by atoms with E-state index in [1.54, 1.807) is 0 Å². The fourth-order valence-corrected chi connectivity index (χ4v) is 3.31. The summed E-state index contributed by atoms with van der Waals surface area (Å²) in [6.07, 6.45) is -9.48. The van der Waals surface area contributed by atoms with Gasteiger partial charge in [-0.2, -0.15) is 13.2 Å². The van der Waals surface area contributed by atoms with Crippen molar-refractivity contribution in [2.45, 2.75) is 25.0 Å². The standard InChI is InChI=1S/C24H15B2F7N2O7/c1-10-7-13(21(37)39-2)34-9-14(10)35-20(36)18-16(6-4-12(19(18)27)22(28,29)30)40-15-5-3-11(41-24(31,32)33)8-17(15)42-23(25,26)38/h3-9,38H,1-2H3,(H,35,36). The van der Waals surface area contributed by atoms with E-state index in [4.69, 9.17) is 25.2 Å². The number of anilines is 1. The molecule has 18 heteroatoms. The molecule has 0 spiro atoms. The van der Waals surface area contributed by atoms with Crippen LogP contribution in [0.4, 0.5) is 36.4 Å². The molecular formula is C24H15B2F7N2O7. The molecule has 0 aliphatic rings. The molecule has 0 saturated carbocycles. The first-order chi connectivity index (χ1) is 19.3. The van der Waals surface area contributed by atoms with Crippen LogP contribution in [0.15, 0.2) is 42.6 Å². The van der Waals surface area contributed by atoms with E-state index in [1.807, 2.05) is 0 Å². The van der Waals surface area contributed by atoms with Crippen LogP contribution in [0.25, 0.3) is 0 Å². The molecule has 4 radical (unpaired) electrons. The molecule has 218 valence electrons. The number of hydrogen-bond acceptors (Lipinski definition) is 8. The highest BCUT2D eigenvalue weighted by atomic mass is 19.4. The monoisotopic (exact) mass is 598 g/mol. The lowest BCUT2D eigenvalue weighted by atomic mass is 9.76. The van der Waals surface area contributed by atoms with Gasteiger partial charge in [0, 0.05) is 6.07 Å². The zero-order chi connectivity index (χ0) is 31.6. The molecule has 0 bridgehead atoms. The normalized spacial score (nSPS) is 12.0. The fraction of sp³-hybridized carbons (Fsp3) is 0.208. The summed E-state index contributed by atoms with van der Waals surface area (Å²) in [6, 6.07) is 3.84. The SMILES string of the molecule is [B]C([B])(O)Oc1cc(OC(F)(F)F)ccc1Oc1ccc(C(F)(F)F)c(F)c1C(=O)Nc1cnc(C(=O)OC)cc1C. The van der Waals surface area contributed by atoms with Crippen LogP contribution in [0.2, 0.25) is 0 Å². The molecular weight excluding hydrogens is 583 g/mol. The third-order valence-electron chi connectivity index (χ3n) is 5.03. The van der Waals surface area contributed by atoms with Crippen LogP contribution in [-0.4, -0.2) is 56.7 Å². The lowest BCUT2D eigenvalue weighted by Gasteiger charge is -2.24. The van der Waals surface area contributed by atoms with Gasteiger partial charge in [-0.25, -0.2) is 14.2 Å². The number of ether oxygens (including phenoxy) is 4. The molecule has 0 aliphatic heterocycles. The Morgan fingerprint density at radius 3 is 2.14 bits per heavy atom. The van der Waals surface area contributed by atoms with Gasteiger partial charge >= 0.3 is 18.5 Å². The maximum atomic E-state index is 15.2. The minimum atomic E-state index is -5.27. The van der Waals surface area contributed by atoms with E-state index >= 15 is 4.39 Å². The summed E-state index contributed by atoms with van der Waals surface area (Å²) < 4.78 is 112. The number of esters is 1. The van der Waals surface area contributed by atoms with Gasteiger partial charge in [-0.05, 0) is 42.8 Å². The number of pyridine rings is 1. The lowest BCUT2D eigenvalue weighted by Crippen LogP contribution is -2.36. The molecule has 0 fully saturated rings. The van der Waals surface area contributed by atoms with Crippen molar-refractivity contribution in [2.24, 2.45) is 0 Å². The van der Waals surface area contributed by atoms with Crippen LogP contribution in [0.3, 0.4) is 0 Å². The number of rotatable bonds is 8.